The summed E-state index contributed by atoms with van der Waals surface area (Å²) in [4.78, 5) is 12.6. The summed E-state index contributed by atoms with van der Waals surface area (Å²) < 4.78 is 52.2. The largest absolute Gasteiger partial charge is 0.494 e. The molecule has 0 aliphatic heterocycles. The van der Waals surface area contributed by atoms with Crippen LogP contribution in [0.25, 0.3) is 0 Å². The highest BCUT2D eigenvalue weighted by Gasteiger charge is 2.27. The van der Waals surface area contributed by atoms with Gasteiger partial charge in [-0.15, -0.1) is 0 Å². The number of rotatable bonds is 11. The molecule has 0 saturated carbocycles. The molecule has 0 spiro atoms. The van der Waals surface area contributed by atoms with Gasteiger partial charge in [0, 0.05) is 0 Å². The topological polar surface area (TPSA) is 84.9 Å². The lowest BCUT2D eigenvalue weighted by molar-refractivity contribution is -0.119. The average molecular weight is 501 g/mol. The number of sulfonamides is 1. The van der Waals surface area contributed by atoms with Gasteiger partial charge in [0.2, 0.25) is 5.91 Å². The molecule has 35 heavy (non-hydrogen) atoms. The quantitative estimate of drug-likeness (QED) is 0.398. The molecule has 1 N–H and O–H groups in total. The van der Waals surface area contributed by atoms with Gasteiger partial charge in [-0.25, -0.2) is 12.8 Å². The van der Waals surface area contributed by atoms with E-state index in [9.17, 15) is 17.6 Å². The maximum absolute atomic E-state index is 13.4. The number of carbonyl (C=O) groups is 1. The zero-order valence-electron chi connectivity index (χ0n) is 20.0. The number of carbonyl (C=O) groups excluding carboxylic acids is 1. The highest BCUT2D eigenvalue weighted by molar-refractivity contribution is 7.92. The van der Waals surface area contributed by atoms with Crippen LogP contribution in [0.2, 0.25) is 0 Å². The van der Waals surface area contributed by atoms with Crippen molar-refractivity contribution in [3.05, 3.63) is 83.7 Å². The van der Waals surface area contributed by atoms with E-state index in [2.05, 4.69) is 5.32 Å². The van der Waals surface area contributed by atoms with E-state index in [1.807, 2.05) is 39.0 Å². The van der Waals surface area contributed by atoms with Crippen molar-refractivity contribution in [2.24, 2.45) is 0 Å². The Morgan fingerprint density at radius 2 is 1.66 bits per heavy atom. The summed E-state index contributed by atoms with van der Waals surface area (Å²) in [5.41, 5.74) is 2.32. The van der Waals surface area contributed by atoms with E-state index in [1.54, 1.807) is 24.3 Å². The van der Waals surface area contributed by atoms with Crippen molar-refractivity contribution < 1.29 is 27.1 Å². The Kier molecular flexibility index (Phi) is 8.70. The zero-order chi connectivity index (χ0) is 25.4. The Bertz CT molecular complexity index is 1250. The van der Waals surface area contributed by atoms with Crippen molar-refractivity contribution in [3.63, 3.8) is 0 Å². The highest BCUT2D eigenvalue weighted by Crippen LogP contribution is 2.26. The summed E-state index contributed by atoms with van der Waals surface area (Å²) >= 11 is 0. The van der Waals surface area contributed by atoms with Crippen LogP contribution in [-0.4, -0.2) is 40.6 Å². The number of anilines is 1. The summed E-state index contributed by atoms with van der Waals surface area (Å²) in [5, 5.41) is 2.70. The van der Waals surface area contributed by atoms with Gasteiger partial charge in [0.1, 0.15) is 30.5 Å². The Hall–Kier alpha value is -3.59. The van der Waals surface area contributed by atoms with Gasteiger partial charge >= 0.3 is 0 Å². The lowest BCUT2D eigenvalue weighted by atomic mass is 10.1. The van der Waals surface area contributed by atoms with Gasteiger partial charge in [0.15, 0.2) is 0 Å². The number of amides is 1. The average Bonchev–Trinajstić information content (AvgIpc) is 2.83. The number of nitrogens with one attached hydrogen (secondary N) is 1. The molecular weight excluding hydrogens is 471 g/mol. The molecule has 0 aliphatic rings. The van der Waals surface area contributed by atoms with E-state index < -0.39 is 28.3 Å². The maximum Gasteiger partial charge on any atom is 0.264 e. The van der Waals surface area contributed by atoms with Gasteiger partial charge in [-0.1, -0.05) is 12.1 Å². The molecule has 9 heteroatoms. The molecule has 0 unspecified atom stereocenters. The van der Waals surface area contributed by atoms with Crippen LogP contribution in [0, 0.1) is 19.7 Å². The van der Waals surface area contributed by atoms with E-state index in [-0.39, 0.29) is 23.7 Å². The molecule has 0 fully saturated rings. The maximum atomic E-state index is 13.4. The molecule has 1 amide bonds. The third-order valence-corrected chi connectivity index (χ3v) is 6.94. The van der Waals surface area contributed by atoms with Crippen molar-refractivity contribution in [2.75, 3.05) is 30.6 Å². The Morgan fingerprint density at radius 1 is 0.971 bits per heavy atom. The number of halogens is 1. The number of aryl methyl sites for hydroxylation is 2. The zero-order valence-corrected chi connectivity index (χ0v) is 20.8. The molecule has 0 aromatic heterocycles. The lowest BCUT2D eigenvalue weighted by Gasteiger charge is -2.24. The minimum atomic E-state index is -4.14. The van der Waals surface area contributed by atoms with Gasteiger partial charge in [-0.05, 0) is 86.5 Å². The first-order valence-electron chi connectivity index (χ1n) is 11.2. The molecule has 0 saturated heterocycles. The van der Waals surface area contributed by atoms with Crippen molar-refractivity contribution >= 4 is 21.6 Å². The molecule has 0 atom stereocenters. The monoisotopic (exact) mass is 500 g/mol. The van der Waals surface area contributed by atoms with Gasteiger partial charge in [0.25, 0.3) is 10.0 Å². The number of hydrogen-bond acceptors (Lipinski definition) is 5. The minimum Gasteiger partial charge on any atom is -0.494 e. The molecule has 0 heterocycles. The highest BCUT2D eigenvalue weighted by atomic mass is 32.2. The molecule has 3 rings (SSSR count). The fourth-order valence-electron chi connectivity index (χ4n) is 3.32. The molecule has 7 nitrogen and oxygen atoms in total. The van der Waals surface area contributed by atoms with Crippen molar-refractivity contribution in [1.29, 1.82) is 0 Å². The number of ether oxygens (including phenoxy) is 2. The second-order valence-corrected chi connectivity index (χ2v) is 9.72. The van der Waals surface area contributed by atoms with Crippen LogP contribution in [0.3, 0.4) is 0 Å². The van der Waals surface area contributed by atoms with Crippen LogP contribution in [0.5, 0.6) is 11.5 Å². The van der Waals surface area contributed by atoms with Gasteiger partial charge in [0.05, 0.1) is 23.7 Å². The SMILES string of the molecule is CCOc1ccc(N(CC(=O)NCCOc2cc(C)ccc2C)S(=O)(=O)c2ccc(F)cc2)cc1. The van der Waals surface area contributed by atoms with Crippen molar-refractivity contribution in [1.82, 2.24) is 5.32 Å². The van der Waals surface area contributed by atoms with Crippen LogP contribution in [0.4, 0.5) is 10.1 Å². The van der Waals surface area contributed by atoms with Crippen molar-refractivity contribution in [3.8, 4) is 11.5 Å². The number of nitrogens with zero attached hydrogens (tertiary/aromatic N) is 1. The third kappa shape index (κ3) is 6.95. The van der Waals surface area contributed by atoms with Crippen LogP contribution in [0.15, 0.2) is 71.6 Å². The molecule has 0 bridgehead atoms. The van der Waals surface area contributed by atoms with Gasteiger partial charge < -0.3 is 14.8 Å². The predicted molar refractivity (Wildman–Crippen MR) is 133 cm³/mol. The molecular formula is C26H29FN2O5S. The van der Waals surface area contributed by atoms with E-state index in [4.69, 9.17) is 9.47 Å². The normalized spacial score (nSPS) is 11.1. The van der Waals surface area contributed by atoms with Gasteiger partial charge in [-0.2, -0.15) is 0 Å². The number of benzene rings is 3. The molecule has 0 aliphatic carbocycles. The Labute approximate surface area is 205 Å². The summed E-state index contributed by atoms with van der Waals surface area (Å²) in [6.45, 7) is 6.16. The molecule has 0 radical (unpaired) electrons. The molecule has 186 valence electrons. The van der Waals surface area contributed by atoms with E-state index >= 15 is 0 Å². The summed E-state index contributed by atoms with van der Waals surface area (Å²) in [6.07, 6.45) is 0. The van der Waals surface area contributed by atoms with Crippen LogP contribution >= 0.6 is 0 Å². The predicted octanol–water partition coefficient (Wildman–Crippen LogP) is 4.23. The Morgan fingerprint density at radius 3 is 2.31 bits per heavy atom. The smallest absolute Gasteiger partial charge is 0.264 e. The fraction of sp³-hybridized carbons (Fsp3) is 0.269. The van der Waals surface area contributed by atoms with E-state index in [1.165, 1.54) is 12.1 Å². The number of hydrogen-bond donors (Lipinski definition) is 1. The van der Waals surface area contributed by atoms with Crippen molar-refractivity contribution in [2.45, 2.75) is 25.7 Å². The lowest BCUT2D eigenvalue weighted by Crippen LogP contribution is -2.41. The first-order chi connectivity index (χ1) is 16.7. The second kappa shape index (κ2) is 11.7. The van der Waals surface area contributed by atoms with E-state index in [0.29, 0.717) is 12.4 Å². The summed E-state index contributed by atoms with van der Waals surface area (Å²) in [7, 11) is -4.14. The molecule has 3 aromatic carbocycles. The standard InChI is InChI=1S/C26H29FN2O5S/c1-4-33-23-11-9-22(10-12-23)29(35(31,32)24-13-7-21(27)8-14-24)18-26(30)28-15-16-34-25-17-19(2)5-6-20(25)3/h5-14,17H,4,15-16,18H2,1-3H3,(H,28,30). The summed E-state index contributed by atoms with van der Waals surface area (Å²) in [5.74, 6) is 0.241. The van der Waals surface area contributed by atoms with Gasteiger partial charge in [-0.3, -0.25) is 9.10 Å². The first kappa shape index (κ1) is 26.0. The second-order valence-electron chi connectivity index (χ2n) is 7.86. The van der Waals surface area contributed by atoms with Crippen LogP contribution in [-0.2, 0) is 14.8 Å². The Balaban J connectivity index is 1.72. The molecule has 3 aromatic rings. The van der Waals surface area contributed by atoms with Crippen LogP contribution in [0.1, 0.15) is 18.1 Å². The van der Waals surface area contributed by atoms with Crippen LogP contribution < -0.4 is 19.1 Å². The fourth-order valence-corrected chi connectivity index (χ4v) is 4.75. The van der Waals surface area contributed by atoms with E-state index in [0.717, 1.165) is 33.3 Å². The first-order valence-corrected chi connectivity index (χ1v) is 12.6. The summed E-state index contributed by atoms with van der Waals surface area (Å²) in [6, 6.07) is 16.7. The minimum absolute atomic E-state index is 0.126. The third-order valence-electron chi connectivity index (χ3n) is 5.15.